The van der Waals surface area contributed by atoms with Crippen molar-refractivity contribution in [2.24, 2.45) is 11.7 Å². The summed E-state index contributed by atoms with van der Waals surface area (Å²) in [6, 6.07) is 6.96. The molecule has 0 saturated carbocycles. The number of nitrogens with two attached hydrogens (primary N) is 1. The highest BCUT2D eigenvalue weighted by atomic mass is 32.2. The molecule has 1 saturated heterocycles. The lowest BCUT2D eigenvalue weighted by atomic mass is 9.99. The first-order chi connectivity index (χ1) is 9.86. The van der Waals surface area contributed by atoms with E-state index in [1.807, 2.05) is 0 Å². The minimum absolute atomic E-state index is 0.296. The Balaban J connectivity index is 1.89. The lowest BCUT2D eigenvalue weighted by Crippen LogP contribution is -2.41. The number of hydrogen-bond donors (Lipinski definition) is 2. The summed E-state index contributed by atoms with van der Waals surface area (Å²) in [4.78, 5) is 11.0. The van der Waals surface area contributed by atoms with E-state index in [2.05, 4.69) is 5.32 Å². The summed E-state index contributed by atoms with van der Waals surface area (Å²) in [6.45, 7) is 1.88. The van der Waals surface area contributed by atoms with Gasteiger partial charge in [-0.1, -0.05) is 0 Å². The number of benzene rings is 1. The lowest BCUT2D eigenvalue weighted by molar-refractivity contribution is 0.100. The number of nitrogens with one attached hydrogen (secondary N) is 1. The number of nitrogens with zero attached hydrogens (tertiary/aromatic N) is 1. The molecular formula is C14H21N3O3S. The van der Waals surface area contributed by atoms with E-state index in [0.717, 1.165) is 18.5 Å². The number of piperidine rings is 1. The van der Waals surface area contributed by atoms with Crippen LogP contribution in [0.1, 0.15) is 23.2 Å². The van der Waals surface area contributed by atoms with E-state index in [1.54, 1.807) is 28.6 Å². The molecule has 1 aromatic rings. The zero-order valence-corrected chi connectivity index (χ0v) is 12.9. The molecule has 3 N–H and O–H groups in total. The summed E-state index contributed by atoms with van der Waals surface area (Å²) in [5.74, 6) is -0.151. The van der Waals surface area contributed by atoms with Gasteiger partial charge in [0, 0.05) is 30.9 Å². The Bertz CT molecular complexity index is 598. The maximum absolute atomic E-state index is 11.6. The molecule has 1 amide bonds. The molecule has 1 aromatic carbocycles. The largest absolute Gasteiger partial charge is 0.385 e. The second-order valence-corrected chi connectivity index (χ2v) is 7.43. The molecule has 0 radical (unpaired) electrons. The van der Waals surface area contributed by atoms with Gasteiger partial charge in [0.15, 0.2) is 0 Å². The highest BCUT2D eigenvalue weighted by Gasteiger charge is 2.25. The second kappa shape index (κ2) is 6.44. The molecule has 1 aliphatic rings. The molecule has 1 heterocycles. The van der Waals surface area contributed by atoms with E-state index in [-0.39, 0.29) is 0 Å². The van der Waals surface area contributed by atoms with Crippen LogP contribution in [-0.2, 0) is 10.0 Å². The molecule has 1 atom stereocenters. The van der Waals surface area contributed by atoms with Crippen LogP contribution in [-0.4, -0.2) is 44.5 Å². The number of carbonyl (C=O) groups excluding carboxylic acids is 1. The SMILES string of the molecule is CS(=O)(=O)N1CCCC(CNc2ccc(C(N)=O)cc2)C1. The summed E-state index contributed by atoms with van der Waals surface area (Å²) < 4.78 is 24.7. The Labute approximate surface area is 125 Å². The maximum atomic E-state index is 11.6. The van der Waals surface area contributed by atoms with Crippen LogP contribution < -0.4 is 11.1 Å². The molecule has 2 rings (SSSR count). The van der Waals surface area contributed by atoms with Crippen LogP contribution >= 0.6 is 0 Å². The minimum Gasteiger partial charge on any atom is -0.385 e. The van der Waals surface area contributed by atoms with E-state index in [0.29, 0.717) is 31.1 Å². The third-order valence-electron chi connectivity index (χ3n) is 3.72. The van der Waals surface area contributed by atoms with Gasteiger partial charge < -0.3 is 11.1 Å². The minimum atomic E-state index is -3.10. The van der Waals surface area contributed by atoms with E-state index in [1.165, 1.54) is 6.26 Å². The van der Waals surface area contributed by atoms with Crippen molar-refractivity contribution in [3.63, 3.8) is 0 Å². The first kappa shape index (κ1) is 15.8. The van der Waals surface area contributed by atoms with E-state index in [4.69, 9.17) is 5.73 Å². The molecule has 0 spiro atoms. The smallest absolute Gasteiger partial charge is 0.248 e. The first-order valence-corrected chi connectivity index (χ1v) is 8.80. The summed E-state index contributed by atoms with van der Waals surface area (Å²) >= 11 is 0. The Morgan fingerprint density at radius 2 is 2.05 bits per heavy atom. The summed E-state index contributed by atoms with van der Waals surface area (Å²) in [6.07, 6.45) is 3.16. The van der Waals surface area contributed by atoms with Crippen molar-refractivity contribution in [2.45, 2.75) is 12.8 Å². The third kappa shape index (κ3) is 4.44. The van der Waals surface area contributed by atoms with E-state index < -0.39 is 15.9 Å². The van der Waals surface area contributed by atoms with Crippen LogP contribution in [0.15, 0.2) is 24.3 Å². The first-order valence-electron chi connectivity index (χ1n) is 6.95. The van der Waals surface area contributed by atoms with Crippen molar-refractivity contribution in [3.05, 3.63) is 29.8 Å². The Morgan fingerprint density at radius 1 is 1.38 bits per heavy atom. The van der Waals surface area contributed by atoms with Crippen molar-refractivity contribution in [1.82, 2.24) is 4.31 Å². The fraction of sp³-hybridized carbons (Fsp3) is 0.500. The standard InChI is InChI=1S/C14H21N3O3S/c1-21(19,20)17-8-2-3-11(10-17)9-16-13-6-4-12(5-7-13)14(15)18/h4-7,11,16H,2-3,8-10H2,1H3,(H2,15,18). The van der Waals surface area contributed by atoms with Crippen molar-refractivity contribution >= 4 is 21.6 Å². The predicted octanol–water partition coefficient (Wildman–Crippen LogP) is 0.869. The highest BCUT2D eigenvalue weighted by molar-refractivity contribution is 7.88. The van der Waals surface area contributed by atoms with Crippen molar-refractivity contribution in [2.75, 3.05) is 31.2 Å². The van der Waals surface area contributed by atoms with Crippen molar-refractivity contribution in [3.8, 4) is 0 Å². The molecule has 21 heavy (non-hydrogen) atoms. The van der Waals surface area contributed by atoms with E-state index >= 15 is 0 Å². The van der Waals surface area contributed by atoms with Gasteiger partial charge in [-0.05, 0) is 43.0 Å². The zero-order chi connectivity index (χ0) is 15.5. The molecule has 1 aliphatic heterocycles. The molecular weight excluding hydrogens is 290 g/mol. The highest BCUT2D eigenvalue weighted by Crippen LogP contribution is 2.19. The Morgan fingerprint density at radius 3 is 2.62 bits per heavy atom. The molecule has 0 aliphatic carbocycles. The van der Waals surface area contributed by atoms with Crippen LogP contribution in [0.3, 0.4) is 0 Å². The fourth-order valence-corrected chi connectivity index (χ4v) is 3.45. The fourth-order valence-electron chi connectivity index (χ4n) is 2.51. The van der Waals surface area contributed by atoms with Gasteiger partial charge in [-0.3, -0.25) is 4.79 Å². The second-order valence-electron chi connectivity index (χ2n) is 5.45. The van der Waals surface area contributed by atoms with Crippen LogP contribution in [0, 0.1) is 5.92 Å². The summed E-state index contributed by atoms with van der Waals surface area (Å²) in [5.41, 5.74) is 6.56. The maximum Gasteiger partial charge on any atom is 0.248 e. The quantitative estimate of drug-likeness (QED) is 0.844. The molecule has 1 fully saturated rings. The molecule has 0 bridgehead atoms. The number of amides is 1. The van der Waals surface area contributed by atoms with E-state index in [9.17, 15) is 13.2 Å². The van der Waals surface area contributed by atoms with Crippen molar-refractivity contribution < 1.29 is 13.2 Å². The number of primary amides is 1. The average Bonchev–Trinajstić information content (AvgIpc) is 2.45. The number of hydrogen-bond acceptors (Lipinski definition) is 4. The van der Waals surface area contributed by atoms with Crippen LogP contribution in [0.25, 0.3) is 0 Å². The van der Waals surface area contributed by atoms with Crippen LogP contribution in [0.5, 0.6) is 0 Å². The molecule has 7 heteroatoms. The predicted molar refractivity (Wildman–Crippen MR) is 82.6 cm³/mol. The zero-order valence-electron chi connectivity index (χ0n) is 12.1. The molecule has 0 aromatic heterocycles. The monoisotopic (exact) mass is 311 g/mol. The topological polar surface area (TPSA) is 92.5 Å². The summed E-state index contributed by atoms with van der Waals surface area (Å²) in [5, 5.41) is 3.28. The van der Waals surface area contributed by atoms with Gasteiger partial charge in [-0.25, -0.2) is 12.7 Å². The van der Waals surface area contributed by atoms with Gasteiger partial charge in [-0.15, -0.1) is 0 Å². The number of anilines is 1. The van der Waals surface area contributed by atoms with Gasteiger partial charge in [0.05, 0.1) is 6.26 Å². The number of rotatable bonds is 5. The molecule has 116 valence electrons. The van der Waals surface area contributed by atoms with Gasteiger partial charge in [0.25, 0.3) is 0 Å². The van der Waals surface area contributed by atoms with Crippen LogP contribution in [0.4, 0.5) is 5.69 Å². The Hall–Kier alpha value is -1.60. The van der Waals surface area contributed by atoms with Crippen molar-refractivity contribution in [1.29, 1.82) is 0 Å². The Kier molecular flexibility index (Phi) is 4.84. The molecule has 1 unspecified atom stereocenters. The lowest BCUT2D eigenvalue weighted by Gasteiger charge is -2.31. The van der Waals surface area contributed by atoms with Gasteiger partial charge >= 0.3 is 0 Å². The normalized spacial score (nSPS) is 20.1. The van der Waals surface area contributed by atoms with Gasteiger partial charge in [0.2, 0.25) is 15.9 Å². The number of carbonyl (C=O) groups is 1. The van der Waals surface area contributed by atoms with Gasteiger partial charge in [0.1, 0.15) is 0 Å². The summed E-state index contributed by atoms with van der Waals surface area (Å²) in [7, 11) is -3.10. The third-order valence-corrected chi connectivity index (χ3v) is 4.98. The molecule has 6 nitrogen and oxygen atoms in total. The average molecular weight is 311 g/mol. The van der Waals surface area contributed by atoms with Gasteiger partial charge in [-0.2, -0.15) is 0 Å². The number of sulfonamides is 1. The van der Waals surface area contributed by atoms with Crippen LogP contribution in [0.2, 0.25) is 0 Å².